The molecule has 7 heteroatoms. The third kappa shape index (κ3) is 4.90. The second-order valence-electron chi connectivity index (χ2n) is 6.48. The van der Waals surface area contributed by atoms with Crippen molar-refractivity contribution in [3.8, 4) is 5.75 Å². The molecule has 3 aromatic rings. The predicted molar refractivity (Wildman–Crippen MR) is 104 cm³/mol. The molecule has 0 atom stereocenters. The Morgan fingerprint density at radius 2 is 2.11 bits per heavy atom. The number of furan rings is 1. The molecule has 2 heterocycles. The molecule has 5 nitrogen and oxygen atoms in total. The number of benzene rings is 1. The van der Waals surface area contributed by atoms with E-state index in [1.165, 1.54) is 11.3 Å². The maximum absolute atomic E-state index is 12.7. The number of amides is 1. The minimum Gasteiger partial charge on any atom is -0.486 e. The molecule has 0 spiro atoms. The zero-order valence-corrected chi connectivity index (χ0v) is 16.2. The monoisotopic (exact) mass is 402 g/mol. The second-order valence-corrected chi connectivity index (χ2v) is 7.86. The molecular formula is C20H19ClN2O3S. The first-order chi connectivity index (χ1) is 13.2. The van der Waals surface area contributed by atoms with Gasteiger partial charge in [-0.15, -0.1) is 11.3 Å². The number of thiazole rings is 1. The van der Waals surface area contributed by atoms with E-state index in [-0.39, 0.29) is 5.91 Å². The fourth-order valence-electron chi connectivity index (χ4n) is 2.81. The van der Waals surface area contributed by atoms with Gasteiger partial charge in [0.1, 0.15) is 23.1 Å². The molecule has 0 bridgehead atoms. The van der Waals surface area contributed by atoms with Gasteiger partial charge in [0.15, 0.2) is 0 Å². The number of aromatic nitrogens is 1. The lowest BCUT2D eigenvalue weighted by Gasteiger charge is -2.20. The molecule has 1 aromatic carbocycles. The van der Waals surface area contributed by atoms with E-state index >= 15 is 0 Å². The minimum absolute atomic E-state index is 0.0874. The molecule has 1 aliphatic rings. The maximum atomic E-state index is 12.7. The SMILES string of the molecule is O=C(Cc1csc(COc2ccc(Cl)cc2)n1)N(Cc1ccco1)C1CC1. The summed E-state index contributed by atoms with van der Waals surface area (Å²) >= 11 is 7.37. The predicted octanol–water partition coefficient (Wildman–Crippen LogP) is 4.70. The number of hydrogen-bond acceptors (Lipinski definition) is 5. The van der Waals surface area contributed by atoms with Gasteiger partial charge in [-0.3, -0.25) is 4.79 Å². The van der Waals surface area contributed by atoms with Crippen molar-refractivity contribution < 1.29 is 13.9 Å². The Labute approximate surface area is 166 Å². The first kappa shape index (κ1) is 18.1. The molecule has 1 saturated carbocycles. The molecule has 140 valence electrons. The highest BCUT2D eigenvalue weighted by atomic mass is 35.5. The van der Waals surface area contributed by atoms with Crippen molar-refractivity contribution in [1.29, 1.82) is 0 Å². The van der Waals surface area contributed by atoms with Crippen molar-refractivity contribution in [2.75, 3.05) is 0 Å². The average molecular weight is 403 g/mol. The van der Waals surface area contributed by atoms with E-state index in [9.17, 15) is 4.79 Å². The smallest absolute Gasteiger partial charge is 0.229 e. The van der Waals surface area contributed by atoms with Crippen LogP contribution in [-0.2, 0) is 24.4 Å². The summed E-state index contributed by atoms with van der Waals surface area (Å²) in [5, 5.41) is 3.44. The molecule has 0 unspecified atom stereocenters. The summed E-state index contributed by atoms with van der Waals surface area (Å²) in [4.78, 5) is 19.2. The van der Waals surface area contributed by atoms with Crippen LogP contribution >= 0.6 is 22.9 Å². The van der Waals surface area contributed by atoms with Gasteiger partial charge in [0.25, 0.3) is 0 Å². The Morgan fingerprint density at radius 1 is 1.30 bits per heavy atom. The molecule has 2 aromatic heterocycles. The molecular weight excluding hydrogens is 384 g/mol. The number of rotatable bonds is 8. The van der Waals surface area contributed by atoms with Crippen molar-refractivity contribution in [3.63, 3.8) is 0 Å². The Balaban J connectivity index is 1.33. The topological polar surface area (TPSA) is 55.6 Å². The number of nitrogens with zero attached hydrogens (tertiary/aromatic N) is 2. The number of halogens is 1. The number of carbonyl (C=O) groups is 1. The van der Waals surface area contributed by atoms with Crippen molar-refractivity contribution in [1.82, 2.24) is 9.88 Å². The van der Waals surface area contributed by atoms with Crippen LogP contribution in [-0.4, -0.2) is 21.8 Å². The van der Waals surface area contributed by atoms with Crippen LogP contribution in [0.4, 0.5) is 0 Å². The van der Waals surface area contributed by atoms with E-state index in [1.807, 2.05) is 34.5 Å². The van der Waals surface area contributed by atoms with Crippen LogP contribution in [0.3, 0.4) is 0 Å². The third-order valence-corrected chi connectivity index (χ3v) is 5.44. The van der Waals surface area contributed by atoms with Crippen LogP contribution in [0, 0.1) is 0 Å². The Hall–Kier alpha value is -2.31. The van der Waals surface area contributed by atoms with Gasteiger partial charge in [-0.05, 0) is 49.2 Å². The van der Waals surface area contributed by atoms with Gasteiger partial charge >= 0.3 is 0 Å². The Kier molecular flexibility index (Phi) is 5.45. The van der Waals surface area contributed by atoms with E-state index < -0.39 is 0 Å². The van der Waals surface area contributed by atoms with Gasteiger partial charge < -0.3 is 14.1 Å². The lowest BCUT2D eigenvalue weighted by molar-refractivity contribution is -0.132. The molecule has 27 heavy (non-hydrogen) atoms. The fourth-order valence-corrected chi connectivity index (χ4v) is 3.64. The average Bonchev–Trinajstić information content (AvgIpc) is 3.18. The lowest BCUT2D eigenvalue weighted by atomic mass is 10.2. The van der Waals surface area contributed by atoms with E-state index in [0.29, 0.717) is 30.6 Å². The summed E-state index contributed by atoms with van der Waals surface area (Å²) in [6.07, 6.45) is 4.06. The first-order valence-electron chi connectivity index (χ1n) is 8.81. The molecule has 0 saturated heterocycles. The fraction of sp³-hybridized carbons (Fsp3) is 0.300. The summed E-state index contributed by atoms with van der Waals surface area (Å²) in [6.45, 7) is 0.895. The van der Waals surface area contributed by atoms with Gasteiger partial charge in [0.2, 0.25) is 5.91 Å². The van der Waals surface area contributed by atoms with Gasteiger partial charge in [-0.1, -0.05) is 11.6 Å². The zero-order chi connectivity index (χ0) is 18.6. The normalized spacial score (nSPS) is 13.5. The molecule has 1 fully saturated rings. The van der Waals surface area contributed by atoms with Crippen LogP contribution in [0.1, 0.15) is 29.3 Å². The summed E-state index contributed by atoms with van der Waals surface area (Å²) in [6, 6.07) is 11.3. The summed E-state index contributed by atoms with van der Waals surface area (Å²) in [5.41, 5.74) is 0.782. The van der Waals surface area contributed by atoms with E-state index in [2.05, 4.69) is 4.98 Å². The number of carbonyl (C=O) groups excluding carboxylic acids is 1. The van der Waals surface area contributed by atoms with E-state index in [4.69, 9.17) is 20.8 Å². The van der Waals surface area contributed by atoms with Gasteiger partial charge in [0, 0.05) is 16.4 Å². The Morgan fingerprint density at radius 3 is 2.81 bits per heavy atom. The zero-order valence-electron chi connectivity index (χ0n) is 14.6. The highest BCUT2D eigenvalue weighted by Gasteiger charge is 2.33. The van der Waals surface area contributed by atoms with Crippen LogP contribution in [0.15, 0.2) is 52.5 Å². The molecule has 0 radical (unpaired) electrons. The minimum atomic E-state index is 0.0874. The highest BCUT2D eigenvalue weighted by Crippen LogP contribution is 2.29. The second kappa shape index (κ2) is 8.15. The third-order valence-electron chi connectivity index (χ3n) is 4.32. The van der Waals surface area contributed by atoms with Gasteiger partial charge in [-0.2, -0.15) is 0 Å². The molecule has 0 N–H and O–H groups in total. The van der Waals surface area contributed by atoms with Crippen LogP contribution in [0.2, 0.25) is 5.02 Å². The lowest BCUT2D eigenvalue weighted by Crippen LogP contribution is -2.33. The first-order valence-corrected chi connectivity index (χ1v) is 10.1. The molecule has 1 aliphatic carbocycles. The highest BCUT2D eigenvalue weighted by molar-refractivity contribution is 7.09. The molecule has 4 rings (SSSR count). The summed E-state index contributed by atoms with van der Waals surface area (Å²) in [7, 11) is 0. The van der Waals surface area contributed by atoms with Crippen molar-refractivity contribution in [2.24, 2.45) is 0 Å². The number of ether oxygens (including phenoxy) is 1. The van der Waals surface area contributed by atoms with Crippen LogP contribution < -0.4 is 4.74 Å². The molecule has 1 amide bonds. The van der Waals surface area contributed by atoms with Crippen LogP contribution in [0.5, 0.6) is 5.75 Å². The van der Waals surface area contributed by atoms with Crippen molar-refractivity contribution >= 4 is 28.8 Å². The standard InChI is InChI=1S/C20H19ClN2O3S/c21-14-3-7-17(8-4-14)26-12-19-22-15(13-27-19)10-20(24)23(16-5-6-16)11-18-2-1-9-25-18/h1-4,7-9,13,16H,5-6,10-12H2. The van der Waals surface area contributed by atoms with E-state index in [1.54, 1.807) is 18.4 Å². The maximum Gasteiger partial charge on any atom is 0.229 e. The largest absolute Gasteiger partial charge is 0.486 e. The van der Waals surface area contributed by atoms with Crippen molar-refractivity contribution in [3.05, 3.63) is 69.5 Å². The summed E-state index contributed by atoms with van der Waals surface area (Å²) in [5.74, 6) is 1.64. The van der Waals surface area contributed by atoms with Gasteiger partial charge in [-0.25, -0.2) is 4.98 Å². The Bertz CT molecular complexity index is 888. The van der Waals surface area contributed by atoms with Crippen LogP contribution in [0.25, 0.3) is 0 Å². The number of hydrogen-bond donors (Lipinski definition) is 0. The summed E-state index contributed by atoms with van der Waals surface area (Å²) < 4.78 is 11.1. The van der Waals surface area contributed by atoms with E-state index in [0.717, 1.165) is 35.1 Å². The molecule has 0 aliphatic heterocycles. The quantitative estimate of drug-likeness (QED) is 0.548. The van der Waals surface area contributed by atoms with Crippen molar-refractivity contribution in [2.45, 2.75) is 38.5 Å². The van der Waals surface area contributed by atoms with Gasteiger partial charge in [0.05, 0.1) is 24.9 Å².